The highest BCUT2D eigenvalue weighted by Gasteiger charge is 2.35. The van der Waals surface area contributed by atoms with E-state index in [0.29, 0.717) is 17.0 Å². The SMILES string of the molecule is Cc1ccccc1N(C(=O)CNC(=O)c1ccco1)[C@@H](C(=O)NCc1ccco1)c1ccccc1F. The quantitative estimate of drug-likeness (QED) is 0.368. The third-order valence-electron chi connectivity index (χ3n) is 5.51. The number of carbonyl (C=O) groups excluding carboxylic acids is 3. The molecule has 2 aromatic heterocycles. The van der Waals surface area contributed by atoms with Crippen LogP contribution in [-0.2, 0) is 16.1 Å². The number of aryl methyl sites for hydroxylation is 1. The van der Waals surface area contributed by atoms with E-state index in [2.05, 4.69) is 10.6 Å². The Morgan fingerprint density at radius 3 is 2.31 bits per heavy atom. The first-order valence-corrected chi connectivity index (χ1v) is 11.2. The van der Waals surface area contributed by atoms with E-state index in [9.17, 15) is 14.4 Å². The van der Waals surface area contributed by atoms with Crippen LogP contribution in [0.3, 0.4) is 0 Å². The summed E-state index contributed by atoms with van der Waals surface area (Å²) in [5.41, 5.74) is 1.09. The number of benzene rings is 2. The van der Waals surface area contributed by atoms with Gasteiger partial charge in [0.15, 0.2) is 5.76 Å². The molecule has 0 aliphatic heterocycles. The topological polar surface area (TPSA) is 105 Å². The van der Waals surface area contributed by atoms with E-state index < -0.39 is 36.1 Å². The number of amides is 3. The van der Waals surface area contributed by atoms with Crippen LogP contribution in [0.1, 0.15) is 33.5 Å². The molecule has 2 aromatic carbocycles. The second-order valence-corrected chi connectivity index (χ2v) is 7.93. The number of rotatable bonds is 9. The molecule has 1 atom stereocenters. The van der Waals surface area contributed by atoms with E-state index in [0.717, 1.165) is 0 Å². The van der Waals surface area contributed by atoms with Gasteiger partial charge >= 0.3 is 0 Å². The lowest BCUT2D eigenvalue weighted by molar-refractivity contribution is -0.126. The summed E-state index contributed by atoms with van der Waals surface area (Å²) < 4.78 is 25.4. The number of hydrogen-bond acceptors (Lipinski definition) is 5. The van der Waals surface area contributed by atoms with Gasteiger partial charge in [0.05, 0.1) is 25.6 Å². The van der Waals surface area contributed by atoms with Crippen LogP contribution in [0, 0.1) is 12.7 Å². The Balaban J connectivity index is 1.70. The second kappa shape index (κ2) is 11.2. The van der Waals surface area contributed by atoms with Crippen LogP contribution in [0.25, 0.3) is 0 Å². The van der Waals surface area contributed by atoms with E-state index in [1.807, 2.05) is 0 Å². The van der Waals surface area contributed by atoms with Crippen molar-refractivity contribution in [3.8, 4) is 0 Å². The van der Waals surface area contributed by atoms with Crippen LogP contribution in [-0.4, -0.2) is 24.3 Å². The Labute approximate surface area is 206 Å². The molecule has 0 aliphatic carbocycles. The summed E-state index contributed by atoms with van der Waals surface area (Å²) in [6.45, 7) is 1.36. The maximum Gasteiger partial charge on any atom is 0.287 e. The number of anilines is 1. The summed E-state index contributed by atoms with van der Waals surface area (Å²) in [7, 11) is 0. The van der Waals surface area contributed by atoms with Crippen molar-refractivity contribution in [2.45, 2.75) is 19.5 Å². The zero-order valence-electron chi connectivity index (χ0n) is 19.4. The highest BCUT2D eigenvalue weighted by molar-refractivity contribution is 6.04. The average Bonchev–Trinajstić information content (AvgIpc) is 3.60. The van der Waals surface area contributed by atoms with Gasteiger partial charge in [0.25, 0.3) is 5.91 Å². The van der Waals surface area contributed by atoms with Gasteiger partial charge in [-0.2, -0.15) is 0 Å². The molecule has 4 aromatic rings. The van der Waals surface area contributed by atoms with Gasteiger partial charge in [-0.25, -0.2) is 4.39 Å². The van der Waals surface area contributed by atoms with Crippen LogP contribution in [0.5, 0.6) is 0 Å². The number of furan rings is 2. The predicted octanol–water partition coefficient (Wildman–Crippen LogP) is 4.14. The molecule has 0 fully saturated rings. The minimum absolute atomic E-state index is 0.00316. The van der Waals surface area contributed by atoms with Crippen LogP contribution in [0.4, 0.5) is 10.1 Å². The molecule has 0 unspecified atom stereocenters. The molecule has 0 radical (unpaired) electrons. The second-order valence-electron chi connectivity index (χ2n) is 7.93. The molecule has 0 spiro atoms. The summed E-state index contributed by atoms with van der Waals surface area (Å²) in [5.74, 6) is -1.96. The number of nitrogens with one attached hydrogen (secondary N) is 2. The molecule has 4 rings (SSSR count). The lowest BCUT2D eigenvalue weighted by Gasteiger charge is -2.32. The predicted molar refractivity (Wildman–Crippen MR) is 129 cm³/mol. The molecule has 2 heterocycles. The first-order valence-electron chi connectivity index (χ1n) is 11.2. The monoisotopic (exact) mass is 489 g/mol. The Bertz CT molecular complexity index is 1340. The van der Waals surface area contributed by atoms with Gasteiger partial charge in [-0.3, -0.25) is 19.3 Å². The lowest BCUT2D eigenvalue weighted by Crippen LogP contribution is -2.48. The van der Waals surface area contributed by atoms with Crippen molar-refractivity contribution in [1.82, 2.24) is 10.6 Å². The van der Waals surface area contributed by atoms with Gasteiger partial charge in [0, 0.05) is 11.3 Å². The van der Waals surface area contributed by atoms with E-state index in [4.69, 9.17) is 8.83 Å². The highest BCUT2D eigenvalue weighted by atomic mass is 19.1. The Kier molecular flexibility index (Phi) is 7.60. The standard InChI is InChI=1S/C27H24FN3O5/c1-18-8-2-5-12-22(18)31(24(32)17-30-26(33)23-13-7-15-36-23)25(20-10-3-4-11-21(20)28)27(34)29-16-19-9-6-14-35-19/h2-15,25H,16-17H2,1H3,(H,29,34)(H,30,33)/t25-/m1/s1. The van der Waals surface area contributed by atoms with Crippen molar-refractivity contribution >= 4 is 23.4 Å². The van der Waals surface area contributed by atoms with E-state index in [-0.39, 0.29) is 17.9 Å². The van der Waals surface area contributed by atoms with Crippen LogP contribution >= 0.6 is 0 Å². The third kappa shape index (κ3) is 5.52. The highest BCUT2D eigenvalue weighted by Crippen LogP contribution is 2.31. The smallest absolute Gasteiger partial charge is 0.287 e. The molecule has 8 nitrogen and oxygen atoms in total. The van der Waals surface area contributed by atoms with E-state index in [1.54, 1.807) is 55.5 Å². The molecule has 3 amide bonds. The van der Waals surface area contributed by atoms with Gasteiger partial charge in [-0.05, 0) is 48.9 Å². The number of nitrogens with zero attached hydrogens (tertiary/aromatic N) is 1. The molecule has 36 heavy (non-hydrogen) atoms. The summed E-state index contributed by atoms with van der Waals surface area (Å²) in [5, 5.41) is 5.23. The van der Waals surface area contributed by atoms with Crippen LogP contribution < -0.4 is 15.5 Å². The summed E-state index contributed by atoms with van der Waals surface area (Å²) in [4.78, 5) is 40.7. The minimum atomic E-state index is -1.37. The molecule has 0 saturated carbocycles. The average molecular weight is 490 g/mol. The van der Waals surface area contributed by atoms with Crippen LogP contribution in [0.2, 0.25) is 0 Å². The summed E-state index contributed by atoms with van der Waals surface area (Å²) >= 11 is 0. The zero-order valence-corrected chi connectivity index (χ0v) is 19.4. The van der Waals surface area contributed by atoms with E-state index in [1.165, 1.54) is 41.7 Å². The van der Waals surface area contributed by atoms with Crippen molar-refractivity contribution in [3.63, 3.8) is 0 Å². The summed E-state index contributed by atoms with van der Waals surface area (Å²) in [6, 6.07) is 17.7. The van der Waals surface area contributed by atoms with Gasteiger partial charge in [0.1, 0.15) is 17.6 Å². The first kappa shape index (κ1) is 24.5. The Hall–Kier alpha value is -4.66. The molecular weight excluding hydrogens is 465 g/mol. The fourth-order valence-corrected chi connectivity index (χ4v) is 3.77. The minimum Gasteiger partial charge on any atom is -0.467 e. The number of hydrogen-bond donors (Lipinski definition) is 2. The van der Waals surface area contributed by atoms with Crippen molar-refractivity contribution in [3.05, 3.63) is 114 Å². The zero-order chi connectivity index (χ0) is 25.5. The van der Waals surface area contributed by atoms with Crippen molar-refractivity contribution in [2.24, 2.45) is 0 Å². The van der Waals surface area contributed by atoms with Gasteiger partial charge in [-0.15, -0.1) is 0 Å². The molecule has 0 aliphatic rings. The Morgan fingerprint density at radius 2 is 1.61 bits per heavy atom. The lowest BCUT2D eigenvalue weighted by atomic mass is 10.0. The Morgan fingerprint density at radius 1 is 0.889 bits per heavy atom. The van der Waals surface area contributed by atoms with Crippen LogP contribution in [0.15, 0.2) is 94.2 Å². The molecule has 184 valence electrons. The maximum atomic E-state index is 15.0. The fourth-order valence-electron chi connectivity index (χ4n) is 3.77. The van der Waals surface area contributed by atoms with Gasteiger partial charge in [0.2, 0.25) is 11.8 Å². The van der Waals surface area contributed by atoms with Crippen molar-refractivity contribution < 1.29 is 27.6 Å². The molecule has 0 saturated heterocycles. The van der Waals surface area contributed by atoms with Crippen molar-refractivity contribution in [2.75, 3.05) is 11.4 Å². The van der Waals surface area contributed by atoms with E-state index >= 15 is 4.39 Å². The first-order chi connectivity index (χ1) is 17.5. The number of para-hydroxylation sites is 1. The third-order valence-corrected chi connectivity index (χ3v) is 5.51. The maximum absolute atomic E-state index is 15.0. The van der Waals surface area contributed by atoms with Gasteiger partial charge in [-0.1, -0.05) is 36.4 Å². The number of halogens is 1. The fraction of sp³-hybridized carbons (Fsp3) is 0.148. The molecule has 2 N–H and O–H groups in total. The largest absolute Gasteiger partial charge is 0.467 e. The summed E-state index contributed by atoms with van der Waals surface area (Å²) in [6.07, 6.45) is 2.81. The number of carbonyl (C=O) groups is 3. The van der Waals surface area contributed by atoms with Crippen molar-refractivity contribution in [1.29, 1.82) is 0 Å². The molecular formula is C27H24FN3O5. The van der Waals surface area contributed by atoms with Gasteiger partial charge < -0.3 is 19.5 Å². The molecule has 0 bridgehead atoms. The normalized spacial score (nSPS) is 11.5. The molecule has 9 heteroatoms.